The Balaban J connectivity index is 1.67. The van der Waals surface area contributed by atoms with Crippen molar-refractivity contribution in [2.45, 2.75) is 43.9 Å². The first kappa shape index (κ1) is 23.0. The molecule has 1 N–H and O–H groups in total. The first-order chi connectivity index (χ1) is 15.2. The molecular formula is C22H27N3O6. The molecule has 2 aromatic carbocycles. The number of methoxy groups -OCH3 is 2. The summed E-state index contributed by atoms with van der Waals surface area (Å²) in [4.78, 5) is 2.87. The van der Waals surface area contributed by atoms with Crippen LogP contribution in [0.25, 0.3) is 10.4 Å². The van der Waals surface area contributed by atoms with Crippen LogP contribution in [0.2, 0.25) is 0 Å². The van der Waals surface area contributed by atoms with E-state index in [-0.39, 0.29) is 13.2 Å². The van der Waals surface area contributed by atoms with E-state index in [4.69, 9.17) is 29.2 Å². The van der Waals surface area contributed by atoms with E-state index in [1.54, 1.807) is 7.11 Å². The largest absolute Gasteiger partial charge is 0.497 e. The number of azide groups is 1. The van der Waals surface area contributed by atoms with Crippen LogP contribution < -0.4 is 4.74 Å². The second kappa shape index (κ2) is 11.7. The number of hydrogen-bond acceptors (Lipinski definition) is 7. The average Bonchev–Trinajstić information content (AvgIpc) is 2.81. The molecule has 0 bridgehead atoms. The predicted molar refractivity (Wildman–Crippen MR) is 112 cm³/mol. The van der Waals surface area contributed by atoms with Crippen LogP contribution in [0.5, 0.6) is 5.75 Å². The zero-order valence-corrected chi connectivity index (χ0v) is 17.5. The summed E-state index contributed by atoms with van der Waals surface area (Å²) in [7, 11) is 3.05. The fraction of sp³-hybridized carbons (Fsp3) is 0.455. The van der Waals surface area contributed by atoms with E-state index < -0.39 is 30.6 Å². The summed E-state index contributed by atoms with van der Waals surface area (Å²) in [6, 6.07) is 16.2. The first-order valence-electron chi connectivity index (χ1n) is 9.93. The van der Waals surface area contributed by atoms with Crippen LogP contribution in [0, 0.1) is 0 Å². The van der Waals surface area contributed by atoms with Crippen molar-refractivity contribution < 1.29 is 28.8 Å². The summed E-state index contributed by atoms with van der Waals surface area (Å²) >= 11 is 0. The Bertz CT molecular complexity index is 844. The van der Waals surface area contributed by atoms with E-state index in [2.05, 4.69) is 10.0 Å². The molecule has 1 heterocycles. The lowest BCUT2D eigenvalue weighted by Crippen LogP contribution is -2.59. The smallest absolute Gasteiger partial charge is 0.168 e. The number of benzene rings is 2. The SMILES string of the molecule is COc1ccc(CO[C@H]2[C@@H](O)[C@@H](COCc3ccccc3)O[C@H](OC)[C@@H]2N=[N+]=[N-])cc1. The average molecular weight is 429 g/mol. The Hall–Kier alpha value is -2.65. The standard InChI is InChI=1S/C22H27N3O6/c1-27-17-10-8-16(9-11-17)13-30-21-19(24-25-23)22(28-2)31-18(20(21)26)14-29-12-15-6-4-3-5-7-15/h3-11,18-22,26H,12-14H2,1-2H3/t18-,19-,20+,21-,22+/m1/s1. The third kappa shape index (κ3) is 6.18. The van der Waals surface area contributed by atoms with Crippen LogP contribution >= 0.6 is 0 Å². The Morgan fingerprint density at radius 3 is 2.39 bits per heavy atom. The molecule has 5 atom stereocenters. The zero-order chi connectivity index (χ0) is 22.1. The summed E-state index contributed by atoms with van der Waals surface area (Å²) in [6.07, 6.45) is -3.48. The van der Waals surface area contributed by atoms with Crippen molar-refractivity contribution in [3.8, 4) is 5.75 Å². The van der Waals surface area contributed by atoms with E-state index in [1.165, 1.54) is 7.11 Å². The molecule has 0 aromatic heterocycles. The van der Waals surface area contributed by atoms with E-state index in [1.807, 2.05) is 54.6 Å². The van der Waals surface area contributed by atoms with Crippen molar-refractivity contribution in [1.29, 1.82) is 0 Å². The summed E-state index contributed by atoms with van der Waals surface area (Å²) in [5.74, 6) is 0.733. The van der Waals surface area contributed by atoms with Crippen LogP contribution in [0.15, 0.2) is 59.7 Å². The third-order valence-corrected chi connectivity index (χ3v) is 5.05. The van der Waals surface area contributed by atoms with Gasteiger partial charge in [-0.2, -0.15) is 0 Å². The Morgan fingerprint density at radius 1 is 1.03 bits per heavy atom. The highest BCUT2D eigenvalue weighted by molar-refractivity contribution is 5.26. The van der Waals surface area contributed by atoms with Crippen molar-refractivity contribution in [1.82, 2.24) is 0 Å². The number of ether oxygens (including phenoxy) is 5. The molecule has 0 aliphatic carbocycles. The number of hydrogen-bond donors (Lipinski definition) is 1. The molecule has 0 unspecified atom stereocenters. The van der Waals surface area contributed by atoms with Crippen LogP contribution in [-0.4, -0.2) is 56.6 Å². The molecule has 0 spiro atoms. The Labute approximate surface area is 181 Å². The lowest BCUT2D eigenvalue weighted by Gasteiger charge is -2.42. The third-order valence-electron chi connectivity index (χ3n) is 5.05. The van der Waals surface area contributed by atoms with Crippen LogP contribution in [0.1, 0.15) is 11.1 Å². The van der Waals surface area contributed by atoms with Gasteiger partial charge in [0.15, 0.2) is 6.29 Å². The topological polar surface area (TPSA) is 115 Å². The number of aliphatic hydroxyl groups excluding tert-OH is 1. The van der Waals surface area contributed by atoms with Gasteiger partial charge in [-0.3, -0.25) is 0 Å². The molecule has 0 saturated carbocycles. The van der Waals surface area contributed by atoms with Crippen LogP contribution in [0.3, 0.4) is 0 Å². The minimum Gasteiger partial charge on any atom is -0.497 e. The van der Waals surface area contributed by atoms with Gasteiger partial charge in [-0.15, -0.1) is 0 Å². The maximum Gasteiger partial charge on any atom is 0.168 e. The van der Waals surface area contributed by atoms with E-state index in [9.17, 15) is 5.11 Å². The predicted octanol–water partition coefficient (Wildman–Crippen LogP) is 3.21. The monoisotopic (exact) mass is 429 g/mol. The highest BCUT2D eigenvalue weighted by Crippen LogP contribution is 2.28. The highest BCUT2D eigenvalue weighted by atomic mass is 16.7. The molecular weight excluding hydrogens is 402 g/mol. The Morgan fingerprint density at radius 2 is 1.74 bits per heavy atom. The van der Waals surface area contributed by atoms with Crippen molar-refractivity contribution in [2.75, 3.05) is 20.8 Å². The lowest BCUT2D eigenvalue weighted by molar-refractivity contribution is -0.270. The molecule has 166 valence electrons. The van der Waals surface area contributed by atoms with Crippen molar-refractivity contribution >= 4 is 0 Å². The number of aliphatic hydroxyl groups is 1. The van der Waals surface area contributed by atoms with Gasteiger partial charge in [-0.25, -0.2) is 0 Å². The minimum absolute atomic E-state index is 0.126. The van der Waals surface area contributed by atoms with Gasteiger partial charge in [0.2, 0.25) is 0 Å². The van der Waals surface area contributed by atoms with Gasteiger partial charge in [-0.1, -0.05) is 47.6 Å². The quantitative estimate of drug-likeness (QED) is 0.352. The molecule has 9 heteroatoms. The molecule has 3 rings (SSSR count). The second-order valence-corrected chi connectivity index (χ2v) is 7.09. The first-order valence-corrected chi connectivity index (χ1v) is 9.93. The molecule has 0 radical (unpaired) electrons. The van der Waals surface area contributed by atoms with Gasteiger partial charge in [0.05, 0.1) is 33.0 Å². The fourth-order valence-corrected chi connectivity index (χ4v) is 3.39. The summed E-state index contributed by atoms with van der Waals surface area (Å²) in [6.45, 7) is 0.709. The van der Waals surface area contributed by atoms with Crippen LogP contribution in [0.4, 0.5) is 0 Å². The summed E-state index contributed by atoms with van der Waals surface area (Å²) in [5.41, 5.74) is 10.9. The second-order valence-electron chi connectivity index (χ2n) is 7.09. The Kier molecular flexibility index (Phi) is 8.66. The highest BCUT2D eigenvalue weighted by Gasteiger charge is 2.46. The lowest BCUT2D eigenvalue weighted by atomic mass is 9.97. The molecule has 1 fully saturated rings. The summed E-state index contributed by atoms with van der Waals surface area (Å²) in [5, 5.41) is 14.7. The van der Waals surface area contributed by atoms with Gasteiger partial charge in [0, 0.05) is 12.0 Å². The van der Waals surface area contributed by atoms with Crippen molar-refractivity contribution in [3.05, 3.63) is 76.2 Å². The maximum absolute atomic E-state index is 10.9. The molecule has 1 aliphatic heterocycles. The van der Waals surface area contributed by atoms with E-state index in [0.29, 0.717) is 6.61 Å². The van der Waals surface area contributed by atoms with Crippen molar-refractivity contribution in [2.24, 2.45) is 5.11 Å². The summed E-state index contributed by atoms with van der Waals surface area (Å²) < 4.78 is 28.0. The van der Waals surface area contributed by atoms with Gasteiger partial charge >= 0.3 is 0 Å². The van der Waals surface area contributed by atoms with Gasteiger partial charge in [0.1, 0.15) is 24.0 Å². The maximum atomic E-state index is 10.9. The van der Waals surface area contributed by atoms with Gasteiger partial charge in [0.25, 0.3) is 0 Å². The minimum atomic E-state index is -1.07. The van der Waals surface area contributed by atoms with E-state index in [0.717, 1.165) is 16.9 Å². The van der Waals surface area contributed by atoms with Gasteiger partial charge in [-0.05, 0) is 28.8 Å². The molecule has 31 heavy (non-hydrogen) atoms. The zero-order valence-electron chi connectivity index (χ0n) is 17.5. The van der Waals surface area contributed by atoms with Crippen molar-refractivity contribution in [3.63, 3.8) is 0 Å². The number of rotatable bonds is 10. The fourth-order valence-electron chi connectivity index (χ4n) is 3.39. The molecule has 1 saturated heterocycles. The molecule has 2 aromatic rings. The molecule has 9 nitrogen and oxygen atoms in total. The van der Waals surface area contributed by atoms with Gasteiger partial charge < -0.3 is 28.8 Å². The normalized spacial score (nSPS) is 25.6. The number of nitrogens with zero attached hydrogens (tertiary/aromatic N) is 3. The molecule has 1 aliphatic rings. The van der Waals surface area contributed by atoms with Crippen LogP contribution in [-0.2, 0) is 32.2 Å². The molecule has 0 amide bonds. The van der Waals surface area contributed by atoms with E-state index >= 15 is 0 Å².